The van der Waals surface area contributed by atoms with Crippen LogP contribution in [0.3, 0.4) is 0 Å². The molecule has 5 rings (SSSR count). The molecule has 0 unspecified atom stereocenters. The minimum Gasteiger partial charge on any atom is -0.336 e. The molecule has 2 aromatic heterocycles. The van der Waals surface area contributed by atoms with Crippen LogP contribution in [0.25, 0.3) is 15.2 Å². The number of fused-ring (bicyclic) bond motifs is 3. The lowest BCUT2D eigenvalue weighted by atomic mass is 9.88. The maximum Gasteiger partial charge on any atom is 0.233 e. The summed E-state index contributed by atoms with van der Waals surface area (Å²) in [7, 11) is 0. The summed E-state index contributed by atoms with van der Waals surface area (Å²) in [6.07, 6.45) is 12.4. The third-order valence-electron chi connectivity index (χ3n) is 6.46. The third kappa shape index (κ3) is 3.91. The van der Waals surface area contributed by atoms with Crippen LogP contribution in [0.2, 0.25) is 0 Å². The highest BCUT2D eigenvalue weighted by Gasteiger charge is 2.32. The van der Waals surface area contributed by atoms with E-state index in [0.717, 1.165) is 15.6 Å². The van der Waals surface area contributed by atoms with Crippen molar-refractivity contribution in [3.05, 3.63) is 24.3 Å². The van der Waals surface area contributed by atoms with E-state index in [-0.39, 0.29) is 0 Å². The molecule has 0 N–H and O–H groups in total. The van der Waals surface area contributed by atoms with Gasteiger partial charge in [0, 0.05) is 12.1 Å². The van der Waals surface area contributed by atoms with Crippen LogP contribution in [0, 0.1) is 0 Å². The van der Waals surface area contributed by atoms with E-state index in [1.807, 2.05) is 12.1 Å². The van der Waals surface area contributed by atoms with Crippen LogP contribution in [0.4, 0.5) is 0 Å². The van der Waals surface area contributed by atoms with Crippen LogP contribution >= 0.6 is 23.1 Å². The van der Waals surface area contributed by atoms with Crippen molar-refractivity contribution in [2.45, 2.75) is 81.4 Å². The van der Waals surface area contributed by atoms with Crippen LogP contribution in [0.1, 0.15) is 64.2 Å². The fourth-order valence-corrected chi connectivity index (χ4v) is 6.91. The molecule has 2 fully saturated rings. The van der Waals surface area contributed by atoms with Crippen LogP contribution in [-0.2, 0) is 4.79 Å². The predicted molar refractivity (Wildman–Crippen MR) is 120 cm³/mol. The van der Waals surface area contributed by atoms with E-state index in [1.165, 1.54) is 68.9 Å². The number of thioether (sulfide) groups is 1. The zero-order chi connectivity index (χ0) is 19.6. The monoisotopic (exact) mass is 428 g/mol. The van der Waals surface area contributed by atoms with Gasteiger partial charge in [-0.2, -0.15) is 0 Å². The van der Waals surface area contributed by atoms with E-state index in [2.05, 4.69) is 31.6 Å². The molecule has 29 heavy (non-hydrogen) atoms. The van der Waals surface area contributed by atoms with Gasteiger partial charge < -0.3 is 4.90 Å². The van der Waals surface area contributed by atoms with Crippen molar-refractivity contribution in [2.24, 2.45) is 0 Å². The van der Waals surface area contributed by atoms with Crippen molar-refractivity contribution >= 4 is 44.2 Å². The topological polar surface area (TPSA) is 50.5 Å². The van der Waals surface area contributed by atoms with E-state index in [9.17, 15) is 4.79 Å². The number of benzene rings is 1. The minimum absolute atomic E-state index is 0.296. The number of hydrogen-bond acceptors (Lipinski definition) is 5. The molecule has 5 nitrogen and oxygen atoms in total. The van der Waals surface area contributed by atoms with Crippen molar-refractivity contribution in [1.29, 1.82) is 0 Å². The van der Waals surface area contributed by atoms with Crippen molar-refractivity contribution in [3.63, 3.8) is 0 Å². The van der Waals surface area contributed by atoms with Crippen LogP contribution < -0.4 is 0 Å². The Morgan fingerprint density at radius 3 is 2.34 bits per heavy atom. The summed E-state index contributed by atoms with van der Waals surface area (Å²) in [4.78, 5) is 16.6. The number of aromatic nitrogens is 3. The number of thiazole rings is 1. The molecule has 154 valence electrons. The Labute approximate surface area is 179 Å². The Hall–Kier alpha value is -1.60. The van der Waals surface area contributed by atoms with Gasteiger partial charge in [-0.05, 0) is 37.8 Å². The molecule has 0 saturated heterocycles. The predicted octanol–water partition coefficient (Wildman–Crippen LogP) is 5.53. The average Bonchev–Trinajstić information content (AvgIpc) is 3.33. The average molecular weight is 429 g/mol. The molecule has 2 aliphatic carbocycles. The zero-order valence-electron chi connectivity index (χ0n) is 16.8. The second-order valence-electron chi connectivity index (χ2n) is 8.34. The quantitative estimate of drug-likeness (QED) is 0.501. The smallest absolute Gasteiger partial charge is 0.233 e. The normalized spacial score (nSPS) is 19.2. The van der Waals surface area contributed by atoms with Gasteiger partial charge in [-0.1, -0.05) is 73.8 Å². The second-order valence-corrected chi connectivity index (χ2v) is 10.3. The molecule has 2 heterocycles. The van der Waals surface area contributed by atoms with Crippen LogP contribution in [0.15, 0.2) is 29.4 Å². The first-order valence-corrected chi connectivity index (χ1v) is 12.8. The summed E-state index contributed by atoms with van der Waals surface area (Å²) >= 11 is 3.19. The Morgan fingerprint density at radius 2 is 1.66 bits per heavy atom. The first kappa shape index (κ1) is 19.4. The fourth-order valence-electron chi connectivity index (χ4n) is 5.07. The van der Waals surface area contributed by atoms with E-state index in [4.69, 9.17) is 0 Å². The van der Waals surface area contributed by atoms with E-state index < -0.39 is 0 Å². The molecular formula is C22H28N4OS2. The van der Waals surface area contributed by atoms with Crippen molar-refractivity contribution in [3.8, 4) is 0 Å². The molecule has 0 bridgehead atoms. The van der Waals surface area contributed by atoms with Gasteiger partial charge in [-0.3, -0.25) is 9.20 Å². The van der Waals surface area contributed by atoms with E-state index in [0.29, 0.717) is 23.7 Å². The van der Waals surface area contributed by atoms with E-state index in [1.54, 1.807) is 23.1 Å². The molecule has 0 spiro atoms. The highest BCUT2D eigenvalue weighted by molar-refractivity contribution is 7.99. The minimum atomic E-state index is 0.296. The van der Waals surface area contributed by atoms with Gasteiger partial charge in [0.25, 0.3) is 0 Å². The standard InChI is InChI=1S/C22H28N4OS2/c27-20(25(16-9-3-1-4-10-16)17-11-5-2-6-12-17)15-28-21-23-24-22-26(21)18-13-7-8-14-19(18)29-22/h7-8,13-14,16-17H,1-6,9-12,15H2. The zero-order valence-corrected chi connectivity index (χ0v) is 18.4. The lowest BCUT2D eigenvalue weighted by Crippen LogP contribution is -2.49. The molecule has 3 aromatic rings. The number of carbonyl (C=O) groups is 1. The molecule has 2 aliphatic rings. The number of amides is 1. The van der Waals surface area contributed by atoms with Crippen molar-refractivity contribution in [2.75, 3.05) is 5.75 Å². The number of hydrogen-bond donors (Lipinski definition) is 0. The number of nitrogens with zero attached hydrogens (tertiary/aromatic N) is 4. The van der Waals surface area contributed by atoms with Crippen LogP contribution in [0.5, 0.6) is 0 Å². The lowest BCUT2D eigenvalue weighted by molar-refractivity contribution is -0.135. The Morgan fingerprint density at radius 1 is 1.00 bits per heavy atom. The molecule has 7 heteroatoms. The van der Waals surface area contributed by atoms with Crippen molar-refractivity contribution < 1.29 is 4.79 Å². The molecular weight excluding hydrogens is 400 g/mol. The summed E-state index contributed by atoms with van der Waals surface area (Å²) in [6.45, 7) is 0. The van der Waals surface area contributed by atoms with Gasteiger partial charge in [0.1, 0.15) is 0 Å². The van der Waals surface area contributed by atoms with E-state index >= 15 is 0 Å². The molecule has 1 amide bonds. The molecule has 0 aliphatic heterocycles. The summed E-state index contributed by atoms with van der Waals surface area (Å²) < 4.78 is 3.31. The third-order valence-corrected chi connectivity index (χ3v) is 8.39. The summed E-state index contributed by atoms with van der Waals surface area (Å²) in [5.41, 5.74) is 1.13. The van der Waals surface area contributed by atoms with Gasteiger partial charge in [0.15, 0.2) is 5.16 Å². The van der Waals surface area contributed by atoms with Gasteiger partial charge in [-0.15, -0.1) is 10.2 Å². The van der Waals surface area contributed by atoms with Gasteiger partial charge >= 0.3 is 0 Å². The highest BCUT2D eigenvalue weighted by atomic mass is 32.2. The number of carbonyl (C=O) groups excluding carboxylic acids is 1. The summed E-state index contributed by atoms with van der Waals surface area (Å²) in [6, 6.07) is 9.20. The SMILES string of the molecule is O=C(CSc1nnc2sc3ccccc3n12)N(C1CCCCC1)C1CCCCC1. The Bertz CT molecular complexity index is 967. The Balaban J connectivity index is 1.35. The maximum absolute atomic E-state index is 13.4. The summed E-state index contributed by atoms with van der Waals surface area (Å²) in [5, 5.41) is 9.55. The number of rotatable bonds is 5. The highest BCUT2D eigenvalue weighted by Crippen LogP contribution is 2.33. The molecule has 0 radical (unpaired) electrons. The van der Waals surface area contributed by atoms with Gasteiger partial charge in [-0.25, -0.2) is 0 Å². The molecule has 2 saturated carbocycles. The first-order chi connectivity index (χ1) is 14.3. The molecule has 0 atom stereocenters. The lowest BCUT2D eigenvalue weighted by Gasteiger charge is -2.41. The Kier molecular flexibility index (Phi) is 5.77. The van der Waals surface area contributed by atoms with Crippen molar-refractivity contribution in [1.82, 2.24) is 19.5 Å². The molecule has 1 aromatic carbocycles. The summed E-state index contributed by atoms with van der Waals surface area (Å²) in [5.74, 6) is 0.753. The fraction of sp³-hybridized carbons (Fsp3) is 0.591. The second kappa shape index (κ2) is 8.64. The number of para-hydroxylation sites is 1. The largest absolute Gasteiger partial charge is 0.336 e. The maximum atomic E-state index is 13.4. The van der Waals surface area contributed by atoms with Gasteiger partial charge in [0.2, 0.25) is 10.9 Å². The first-order valence-electron chi connectivity index (χ1n) is 11.0. The van der Waals surface area contributed by atoms with Gasteiger partial charge in [0.05, 0.1) is 16.0 Å². The van der Waals surface area contributed by atoms with Crippen LogP contribution in [-0.4, -0.2) is 43.2 Å².